The summed E-state index contributed by atoms with van der Waals surface area (Å²) >= 11 is 0. The summed E-state index contributed by atoms with van der Waals surface area (Å²) in [5.41, 5.74) is 5.52. The smallest absolute Gasteiger partial charge is 0.419 e. The normalized spacial score (nSPS) is 11.4. The molecule has 2 rings (SSSR count). The number of nitrogens with one attached hydrogen (secondary N) is 1. The van der Waals surface area contributed by atoms with E-state index < -0.39 is 11.7 Å². The maximum atomic E-state index is 12.9. The van der Waals surface area contributed by atoms with Crippen LogP contribution in [0.4, 0.5) is 18.9 Å². The number of benzene rings is 2. The van der Waals surface area contributed by atoms with Crippen LogP contribution in [0.2, 0.25) is 0 Å². The van der Waals surface area contributed by atoms with Crippen molar-refractivity contribution >= 4 is 35.6 Å². The molecule has 0 aliphatic rings. The minimum Gasteiger partial charge on any atom is -0.497 e. The average Bonchev–Trinajstić information content (AvgIpc) is 2.64. The molecule has 0 atom stereocenters. The van der Waals surface area contributed by atoms with E-state index in [4.69, 9.17) is 19.9 Å². The molecule has 0 unspecified atom stereocenters. The summed E-state index contributed by atoms with van der Waals surface area (Å²) in [6.07, 6.45) is -4.48. The highest BCUT2D eigenvalue weighted by molar-refractivity contribution is 14.0. The highest BCUT2D eigenvalue weighted by Crippen LogP contribution is 2.35. The lowest BCUT2D eigenvalue weighted by atomic mass is 10.2. The van der Waals surface area contributed by atoms with E-state index in [0.29, 0.717) is 17.2 Å². The van der Waals surface area contributed by atoms with Crippen molar-refractivity contribution in [3.8, 4) is 17.2 Å². The molecule has 154 valence electrons. The van der Waals surface area contributed by atoms with Crippen molar-refractivity contribution in [3.05, 3.63) is 48.0 Å². The molecule has 2 aromatic carbocycles. The lowest BCUT2D eigenvalue weighted by Gasteiger charge is -2.13. The van der Waals surface area contributed by atoms with Gasteiger partial charge in [-0.2, -0.15) is 13.2 Å². The summed E-state index contributed by atoms with van der Waals surface area (Å²) < 4.78 is 54.2. The Morgan fingerprint density at radius 3 is 2.43 bits per heavy atom. The van der Waals surface area contributed by atoms with E-state index >= 15 is 0 Å². The summed E-state index contributed by atoms with van der Waals surface area (Å²) in [6, 6.07) is 10.1. The van der Waals surface area contributed by atoms with Crippen LogP contribution >= 0.6 is 24.0 Å². The monoisotopic (exact) mass is 511 g/mol. The van der Waals surface area contributed by atoms with Crippen LogP contribution in [0, 0.1) is 0 Å². The molecular weight excluding hydrogens is 490 g/mol. The maximum Gasteiger partial charge on any atom is 0.419 e. The van der Waals surface area contributed by atoms with E-state index in [1.54, 1.807) is 18.2 Å². The summed E-state index contributed by atoms with van der Waals surface area (Å²) in [6.45, 7) is 0.00201. The number of ether oxygens (including phenoxy) is 3. The van der Waals surface area contributed by atoms with Gasteiger partial charge in [0.25, 0.3) is 0 Å². The van der Waals surface area contributed by atoms with E-state index in [-0.39, 0.29) is 48.8 Å². The lowest BCUT2D eigenvalue weighted by Crippen LogP contribution is -2.24. The predicted molar refractivity (Wildman–Crippen MR) is 112 cm³/mol. The Bertz CT molecular complexity index is 801. The number of alkyl halides is 3. The minimum atomic E-state index is -4.48. The average molecular weight is 511 g/mol. The van der Waals surface area contributed by atoms with Crippen molar-refractivity contribution in [3.63, 3.8) is 0 Å². The Morgan fingerprint density at radius 1 is 1.07 bits per heavy atom. The summed E-state index contributed by atoms with van der Waals surface area (Å²) in [4.78, 5) is 4.04. The van der Waals surface area contributed by atoms with Crippen LogP contribution in [0.3, 0.4) is 0 Å². The number of hydrogen-bond acceptors (Lipinski definition) is 4. The van der Waals surface area contributed by atoms with Crippen molar-refractivity contribution in [1.82, 2.24) is 0 Å². The van der Waals surface area contributed by atoms with Gasteiger partial charge in [-0.05, 0) is 24.3 Å². The third kappa shape index (κ3) is 6.66. The Kier molecular flexibility index (Phi) is 9.16. The zero-order valence-electron chi connectivity index (χ0n) is 15.2. The summed E-state index contributed by atoms with van der Waals surface area (Å²) in [5.74, 6) is 0.943. The molecule has 0 amide bonds. The topological polar surface area (TPSA) is 78.1 Å². The van der Waals surface area contributed by atoms with Crippen LogP contribution in [0.1, 0.15) is 5.56 Å². The molecule has 0 heterocycles. The largest absolute Gasteiger partial charge is 0.497 e. The first-order valence-electron chi connectivity index (χ1n) is 7.93. The predicted octanol–water partition coefficient (Wildman–Crippen LogP) is 4.15. The first kappa shape index (κ1) is 23.7. The molecule has 0 bridgehead atoms. The molecule has 0 spiro atoms. The summed E-state index contributed by atoms with van der Waals surface area (Å²) in [7, 11) is 3.03. The standard InChI is InChI=1S/C18H20F3N3O3.HI/c1-25-12-7-8-16(26-2)14(11-12)24-17(22)23-9-10-27-15-6-4-3-5-13(15)18(19,20)21;/h3-8,11H,9-10H2,1-2H3,(H3,22,23,24);1H. The Balaban J connectivity index is 0.00000392. The van der Waals surface area contributed by atoms with Crippen LogP contribution < -0.4 is 25.3 Å². The van der Waals surface area contributed by atoms with Crippen LogP contribution in [-0.4, -0.2) is 33.3 Å². The number of hydrogen-bond donors (Lipinski definition) is 2. The molecule has 0 fully saturated rings. The second kappa shape index (κ2) is 10.8. The van der Waals surface area contributed by atoms with Gasteiger partial charge in [-0.1, -0.05) is 12.1 Å². The molecule has 2 aromatic rings. The van der Waals surface area contributed by atoms with Gasteiger partial charge < -0.3 is 25.3 Å². The second-order valence-electron chi connectivity index (χ2n) is 5.30. The molecule has 0 saturated carbocycles. The number of methoxy groups -OCH3 is 2. The Morgan fingerprint density at radius 2 is 1.79 bits per heavy atom. The van der Waals surface area contributed by atoms with Crippen LogP contribution in [0.25, 0.3) is 0 Å². The number of halogens is 4. The zero-order chi connectivity index (χ0) is 19.9. The Hall–Kier alpha value is -2.37. The van der Waals surface area contributed by atoms with Gasteiger partial charge in [0.15, 0.2) is 5.96 Å². The SMILES string of the molecule is COc1ccc(OC)c(NC(N)=NCCOc2ccccc2C(F)(F)F)c1.I. The molecule has 3 N–H and O–H groups in total. The van der Waals surface area contributed by atoms with Crippen molar-refractivity contribution in [2.75, 3.05) is 32.7 Å². The fourth-order valence-electron chi connectivity index (χ4n) is 2.24. The number of rotatable bonds is 7. The molecule has 0 aliphatic carbocycles. The first-order chi connectivity index (χ1) is 12.8. The van der Waals surface area contributed by atoms with Gasteiger partial charge in [0.05, 0.1) is 32.0 Å². The number of para-hydroxylation sites is 1. The minimum absolute atomic E-state index is 0. The molecule has 0 saturated heterocycles. The van der Waals surface area contributed by atoms with E-state index in [2.05, 4.69) is 10.3 Å². The van der Waals surface area contributed by atoms with Crippen molar-refractivity contribution in [2.24, 2.45) is 10.7 Å². The first-order valence-corrected chi connectivity index (χ1v) is 7.93. The summed E-state index contributed by atoms with van der Waals surface area (Å²) in [5, 5.41) is 2.86. The number of nitrogens with zero attached hydrogens (tertiary/aromatic N) is 1. The molecule has 0 radical (unpaired) electrons. The van der Waals surface area contributed by atoms with Crippen LogP contribution in [-0.2, 0) is 6.18 Å². The maximum absolute atomic E-state index is 12.9. The van der Waals surface area contributed by atoms with Crippen LogP contribution in [0.15, 0.2) is 47.5 Å². The van der Waals surface area contributed by atoms with Crippen molar-refractivity contribution in [1.29, 1.82) is 0 Å². The number of aliphatic imine (C=N–C) groups is 1. The van der Waals surface area contributed by atoms with E-state index in [9.17, 15) is 13.2 Å². The van der Waals surface area contributed by atoms with Gasteiger partial charge in [-0.3, -0.25) is 0 Å². The molecule has 10 heteroatoms. The lowest BCUT2D eigenvalue weighted by molar-refractivity contribution is -0.138. The van der Waals surface area contributed by atoms with E-state index in [1.807, 2.05) is 0 Å². The Labute approximate surface area is 177 Å². The number of nitrogens with two attached hydrogens (primary N) is 1. The highest BCUT2D eigenvalue weighted by atomic mass is 127. The van der Waals surface area contributed by atoms with E-state index in [0.717, 1.165) is 6.07 Å². The molecule has 0 aromatic heterocycles. The van der Waals surface area contributed by atoms with Gasteiger partial charge in [-0.15, -0.1) is 24.0 Å². The van der Waals surface area contributed by atoms with Gasteiger partial charge in [0.2, 0.25) is 0 Å². The fourth-order valence-corrected chi connectivity index (χ4v) is 2.24. The number of guanidine groups is 1. The molecule has 0 aliphatic heterocycles. The zero-order valence-corrected chi connectivity index (χ0v) is 17.6. The van der Waals surface area contributed by atoms with Gasteiger partial charge in [0, 0.05) is 6.07 Å². The molecule has 28 heavy (non-hydrogen) atoms. The van der Waals surface area contributed by atoms with Gasteiger partial charge in [-0.25, -0.2) is 4.99 Å². The molecular formula is C18H21F3IN3O3. The van der Waals surface area contributed by atoms with Gasteiger partial charge >= 0.3 is 6.18 Å². The highest BCUT2D eigenvalue weighted by Gasteiger charge is 2.33. The van der Waals surface area contributed by atoms with Crippen molar-refractivity contribution < 1.29 is 27.4 Å². The van der Waals surface area contributed by atoms with Crippen LogP contribution in [0.5, 0.6) is 17.2 Å². The van der Waals surface area contributed by atoms with Crippen molar-refractivity contribution in [2.45, 2.75) is 6.18 Å². The van der Waals surface area contributed by atoms with Gasteiger partial charge in [0.1, 0.15) is 23.9 Å². The third-order valence-electron chi connectivity index (χ3n) is 3.49. The quantitative estimate of drug-likeness (QED) is 0.253. The third-order valence-corrected chi connectivity index (χ3v) is 3.49. The molecule has 6 nitrogen and oxygen atoms in total. The fraction of sp³-hybridized carbons (Fsp3) is 0.278. The van der Waals surface area contributed by atoms with E-state index in [1.165, 1.54) is 32.4 Å². The second-order valence-corrected chi connectivity index (χ2v) is 5.30. The number of anilines is 1.